The van der Waals surface area contributed by atoms with Crippen molar-refractivity contribution in [1.82, 2.24) is 0 Å². The lowest BCUT2D eigenvalue weighted by Crippen LogP contribution is -2.30. The smallest absolute Gasteiger partial charge is 0.462 e. The maximum Gasteiger partial charge on any atom is 0.472 e. The summed E-state index contributed by atoms with van der Waals surface area (Å²) in [6, 6.07) is 0. The van der Waals surface area contributed by atoms with Gasteiger partial charge < -0.3 is 33.8 Å². The van der Waals surface area contributed by atoms with Crippen molar-refractivity contribution < 1.29 is 80.2 Å². The van der Waals surface area contributed by atoms with E-state index >= 15 is 0 Å². The normalized spacial score (nSPS) is 14.6. The average Bonchev–Trinajstić information content (AvgIpc) is 3.53. The quantitative estimate of drug-likeness (QED) is 0.0222. The summed E-state index contributed by atoms with van der Waals surface area (Å²) < 4.78 is 68.1. The Balaban J connectivity index is 5.10. The summed E-state index contributed by atoms with van der Waals surface area (Å²) >= 11 is 0. The van der Waals surface area contributed by atoms with Crippen LogP contribution in [0.5, 0.6) is 0 Å². The Morgan fingerprint density at radius 1 is 0.315 bits per heavy atom. The Morgan fingerprint density at radius 3 is 0.798 bits per heavy atom. The SMILES string of the molecule is CCC(C)CCCCCCCCCCCCCCCCCCCCC(=O)O[C@H](COC(=O)CCCCCCCCC(C)C)COP(=O)(O)OC[C@@H](O)COP(=O)(O)OC[C@@H](COC(=O)CCCCCCCCC(C)C)OC(=O)CCCCCCCCC(C)C. The van der Waals surface area contributed by atoms with Crippen LogP contribution in [-0.2, 0) is 65.4 Å². The number of carbonyl (C=O) groups is 4. The average molecular weight is 1310 g/mol. The van der Waals surface area contributed by atoms with Crippen molar-refractivity contribution in [2.24, 2.45) is 23.7 Å². The summed E-state index contributed by atoms with van der Waals surface area (Å²) in [6.07, 6.45) is 42.4. The van der Waals surface area contributed by atoms with E-state index in [1.807, 2.05) is 0 Å². The van der Waals surface area contributed by atoms with E-state index in [1.54, 1.807) is 0 Å². The predicted octanol–water partition coefficient (Wildman–Crippen LogP) is 19.7. The van der Waals surface area contributed by atoms with Crippen LogP contribution in [0.4, 0.5) is 0 Å². The summed E-state index contributed by atoms with van der Waals surface area (Å²) in [7, 11) is -9.90. The molecule has 0 amide bonds. The molecule has 3 N–H and O–H groups in total. The fourth-order valence-corrected chi connectivity index (χ4v) is 12.0. The van der Waals surface area contributed by atoms with E-state index in [0.717, 1.165) is 109 Å². The molecule has 0 fully saturated rings. The molecule has 0 saturated heterocycles. The topological polar surface area (TPSA) is 237 Å². The fraction of sp³-hybridized carbons (Fsp3) is 0.943. The van der Waals surface area contributed by atoms with Crippen molar-refractivity contribution in [2.75, 3.05) is 39.6 Å². The zero-order valence-electron chi connectivity index (χ0n) is 58.1. The lowest BCUT2D eigenvalue weighted by atomic mass is 9.99. The molecule has 0 spiro atoms. The minimum atomic E-state index is -4.95. The predicted molar refractivity (Wildman–Crippen MR) is 358 cm³/mol. The lowest BCUT2D eigenvalue weighted by Gasteiger charge is -2.21. The molecule has 0 bridgehead atoms. The number of hydrogen-bond donors (Lipinski definition) is 3. The van der Waals surface area contributed by atoms with E-state index < -0.39 is 97.5 Å². The van der Waals surface area contributed by atoms with E-state index in [4.69, 9.17) is 37.0 Å². The van der Waals surface area contributed by atoms with Gasteiger partial charge in [-0.15, -0.1) is 0 Å². The van der Waals surface area contributed by atoms with Gasteiger partial charge in [-0.1, -0.05) is 293 Å². The third-order valence-electron chi connectivity index (χ3n) is 16.4. The molecule has 19 heteroatoms. The van der Waals surface area contributed by atoms with Crippen LogP contribution in [0.25, 0.3) is 0 Å². The van der Waals surface area contributed by atoms with Crippen molar-refractivity contribution in [3.8, 4) is 0 Å². The molecule has 89 heavy (non-hydrogen) atoms. The Kier molecular flexibility index (Phi) is 58.5. The number of carbonyl (C=O) groups excluding carboxylic acids is 4. The van der Waals surface area contributed by atoms with Gasteiger partial charge in [-0.05, 0) is 49.4 Å². The minimum absolute atomic E-state index is 0.100. The van der Waals surface area contributed by atoms with E-state index in [-0.39, 0.29) is 25.7 Å². The first-order valence-electron chi connectivity index (χ1n) is 36.2. The molecule has 0 radical (unpaired) electrons. The van der Waals surface area contributed by atoms with Crippen molar-refractivity contribution in [3.63, 3.8) is 0 Å². The van der Waals surface area contributed by atoms with E-state index in [0.29, 0.717) is 43.4 Å². The third kappa shape index (κ3) is 63.2. The van der Waals surface area contributed by atoms with Crippen LogP contribution >= 0.6 is 15.6 Å². The van der Waals surface area contributed by atoms with Crippen molar-refractivity contribution in [2.45, 2.75) is 363 Å². The Bertz CT molecular complexity index is 1770. The first kappa shape index (κ1) is 87.1. The van der Waals surface area contributed by atoms with Gasteiger partial charge in [0.05, 0.1) is 26.4 Å². The molecule has 0 heterocycles. The molecule has 528 valence electrons. The summed E-state index contributed by atoms with van der Waals surface area (Å²) in [5.74, 6) is 0.760. The van der Waals surface area contributed by atoms with Crippen LogP contribution in [0.15, 0.2) is 0 Å². The van der Waals surface area contributed by atoms with Crippen LogP contribution in [0.2, 0.25) is 0 Å². The molecule has 0 aliphatic carbocycles. The summed E-state index contributed by atoms with van der Waals surface area (Å²) in [4.78, 5) is 72.3. The monoisotopic (exact) mass is 1310 g/mol. The highest BCUT2D eigenvalue weighted by molar-refractivity contribution is 7.47. The largest absolute Gasteiger partial charge is 0.472 e. The van der Waals surface area contributed by atoms with E-state index in [1.165, 1.54) is 135 Å². The second-order valence-electron chi connectivity index (χ2n) is 26.9. The third-order valence-corrected chi connectivity index (χ3v) is 18.3. The molecule has 17 nitrogen and oxygen atoms in total. The molecule has 6 atom stereocenters. The van der Waals surface area contributed by atoms with Gasteiger partial charge in [-0.3, -0.25) is 37.3 Å². The molecule has 0 aromatic carbocycles. The molecule has 0 aliphatic rings. The van der Waals surface area contributed by atoms with Crippen molar-refractivity contribution in [3.05, 3.63) is 0 Å². The first-order chi connectivity index (χ1) is 42.6. The number of hydrogen-bond acceptors (Lipinski definition) is 15. The number of unbranched alkanes of at least 4 members (excludes halogenated alkanes) is 32. The van der Waals surface area contributed by atoms with Gasteiger partial charge in [0.1, 0.15) is 19.3 Å². The zero-order valence-corrected chi connectivity index (χ0v) is 59.8. The van der Waals surface area contributed by atoms with E-state index in [2.05, 4.69) is 55.4 Å². The molecular weight excluding hydrogens is 1170 g/mol. The summed E-state index contributed by atoms with van der Waals surface area (Å²) in [5.41, 5.74) is 0. The van der Waals surface area contributed by atoms with Gasteiger partial charge >= 0.3 is 39.5 Å². The van der Waals surface area contributed by atoms with E-state index in [9.17, 15) is 43.2 Å². The fourth-order valence-electron chi connectivity index (χ4n) is 10.5. The molecule has 0 saturated carbocycles. The van der Waals surface area contributed by atoms with Gasteiger partial charge in [-0.2, -0.15) is 0 Å². The zero-order chi connectivity index (χ0) is 66.1. The number of ether oxygens (including phenoxy) is 4. The van der Waals surface area contributed by atoms with Crippen molar-refractivity contribution in [1.29, 1.82) is 0 Å². The number of esters is 4. The molecular formula is C70H136O17P2. The van der Waals surface area contributed by atoms with Crippen LogP contribution in [0, 0.1) is 23.7 Å². The Labute approximate surface area is 543 Å². The van der Waals surface area contributed by atoms with Crippen LogP contribution in [0.3, 0.4) is 0 Å². The minimum Gasteiger partial charge on any atom is -0.462 e. The van der Waals surface area contributed by atoms with Crippen molar-refractivity contribution >= 4 is 39.5 Å². The standard InChI is InChI=1S/C70H136O17P2/c1-9-63(8)49-41-33-22-20-18-16-14-12-10-11-13-15-17-19-21-23-36-44-52-69(74)86-65(56-80-67(72)50-42-34-27-24-30-38-46-60(2)3)58-84-88(76,77)82-54-64(71)55-83-89(78,79)85-59-66(87-70(75)53-45-37-29-26-32-40-48-62(6)7)57-81-68(73)51-43-35-28-25-31-39-47-61(4)5/h60-66,71H,9-59H2,1-8H3,(H,76,77)(H,78,79)/t63?,64-,65-,66-/m1/s1. The molecule has 0 aliphatic heterocycles. The first-order valence-corrected chi connectivity index (χ1v) is 39.2. The van der Waals surface area contributed by atoms with Gasteiger partial charge in [0.25, 0.3) is 0 Å². The second-order valence-corrected chi connectivity index (χ2v) is 29.8. The number of phosphoric ester groups is 2. The number of rotatable bonds is 67. The second kappa shape index (κ2) is 59.8. The molecule has 0 rings (SSSR count). The molecule has 3 unspecified atom stereocenters. The summed E-state index contributed by atoms with van der Waals surface area (Å²) in [6.45, 7) is 13.9. The lowest BCUT2D eigenvalue weighted by molar-refractivity contribution is -0.161. The van der Waals surface area contributed by atoms with Gasteiger partial charge in [0.15, 0.2) is 12.2 Å². The highest BCUT2D eigenvalue weighted by Crippen LogP contribution is 2.45. The summed E-state index contributed by atoms with van der Waals surface area (Å²) in [5, 5.41) is 10.6. The highest BCUT2D eigenvalue weighted by atomic mass is 31.2. The maximum atomic E-state index is 13.0. The van der Waals surface area contributed by atoms with Gasteiger partial charge in [0, 0.05) is 25.7 Å². The molecule has 0 aromatic rings. The number of phosphoric acid groups is 2. The van der Waals surface area contributed by atoms with Gasteiger partial charge in [0.2, 0.25) is 0 Å². The number of aliphatic hydroxyl groups is 1. The van der Waals surface area contributed by atoms with Crippen LogP contribution in [0.1, 0.15) is 344 Å². The van der Waals surface area contributed by atoms with Gasteiger partial charge in [-0.25, -0.2) is 9.13 Å². The van der Waals surface area contributed by atoms with Crippen LogP contribution < -0.4 is 0 Å². The Hall–Kier alpha value is -1.94. The highest BCUT2D eigenvalue weighted by Gasteiger charge is 2.30. The number of aliphatic hydroxyl groups excluding tert-OH is 1. The van der Waals surface area contributed by atoms with Crippen LogP contribution in [-0.4, -0.2) is 96.7 Å². The Morgan fingerprint density at radius 2 is 0.539 bits per heavy atom. The maximum absolute atomic E-state index is 13.0. The molecule has 0 aromatic heterocycles.